The number of aromatic amines is 1. The van der Waals surface area contributed by atoms with Crippen LogP contribution < -0.4 is 20.7 Å². The Balaban J connectivity index is 1.43. The highest BCUT2D eigenvalue weighted by Crippen LogP contribution is 2.35. The number of hydrogen-bond donors (Lipinski definition) is 3. The predicted molar refractivity (Wildman–Crippen MR) is 152 cm³/mol. The summed E-state index contributed by atoms with van der Waals surface area (Å²) >= 11 is 0. The summed E-state index contributed by atoms with van der Waals surface area (Å²) in [5.41, 5.74) is 9.44. The van der Waals surface area contributed by atoms with Gasteiger partial charge in [-0.15, -0.1) is 0 Å². The third-order valence-corrected chi connectivity index (χ3v) is 6.45. The van der Waals surface area contributed by atoms with Crippen LogP contribution in [0.1, 0.15) is 40.4 Å². The minimum Gasteiger partial charge on any atom is -0.493 e. The van der Waals surface area contributed by atoms with Crippen molar-refractivity contribution in [1.82, 2.24) is 29.9 Å². The Bertz CT molecular complexity index is 1440. The maximum absolute atomic E-state index is 5.95. The van der Waals surface area contributed by atoms with Crippen LogP contribution in [0.25, 0.3) is 22.6 Å². The van der Waals surface area contributed by atoms with Crippen LogP contribution in [0, 0.1) is 0 Å². The lowest BCUT2D eigenvalue weighted by Gasteiger charge is -2.36. The van der Waals surface area contributed by atoms with Crippen molar-refractivity contribution >= 4 is 23.3 Å². The Kier molecular flexibility index (Phi) is 7.09. The van der Waals surface area contributed by atoms with E-state index in [0.717, 1.165) is 41.7 Å². The van der Waals surface area contributed by atoms with E-state index in [-0.39, 0.29) is 17.6 Å². The second-order valence-electron chi connectivity index (χ2n) is 10.8. The lowest BCUT2D eigenvalue weighted by Crippen LogP contribution is -2.45. The molecule has 11 nitrogen and oxygen atoms in total. The number of aromatic nitrogens is 6. The Hall–Kier alpha value is -4.25. The molecule has 2 unspecified atom stereocenters. The molecule has 5 heterocycles. The average Bonchev–Trinajstić information content (AvgIpc) is 3.35. The van der Waals surface area contributed by atoms with Gasteiger partial charge in [-0.3, -0.25) is 0 Å². The Morgan fingerprint density at radius 1 is 1.05 bits per heavy atom. The zero-order valence-electron chi connectivity index (χ0n) is 23.2. The highest BCUT2D eigenvalue weighted by molar-refractivity contribution is 5.78. The molecule has 1 fully saturated rings. The van der Waals surface area contributed by atoms with Gasteiger partial charge in [-0.2, -0.15) is 0 Å². The van der Waals surface area contributed by atoms with Gasteiger partial charge in [-0.1, -0.05) is 20.8 Å². The minimum absolute atomic E-state index is 0.167. The SMILES string of the molecule is COc1cc(-c2nc(C(C)(C)C)[nH]c2-c2ccnc(Nc3ccc(N4CC(C)OC(C)C4)nc3)n2)cnc1N. The summed E-state index contributed by atoms with van der Waals surface area (Å²) in [7, 11) is 1.56. The number of H-pyrrole nitrogens is 1. The van der Waals surface area contributed by atoms with Gasteiger partial charge in [-0.25, -0.2) is 24.9 Å². The van der Waals surface area contributed by atoms with E-state index in [1.165, 1.54) is 0 Å². The number of methoxy groups -OCH3 is 1. The molecule has 2 atom stereocenters. The van der Waals surface area contributed by atoms with E-state index >= 15 is 0 Å². The van der Waals surface area contributed by atoms with E-state index in [1.807, 2.05) is 24.3 Å². The van der Waals surface area contributed by atoms with Crippen molar-refractivity contribution in [3.05, 3.63) is 48.7 Å². The van der Waals surface area contributed by atoms with Crippen LogP contribution in [-0.2, 0) is 10.2 Å². The molecule has 11 heteroatoms. The number of nitrogens with zero attached hydrogens (tertiary/aromatic N) is 6. The normalized spacial score (nSPS) is 17.7. The molecule has 0 spiro atoms. The van der Waals surface area contributed by atoms with E-state index in [0.29, 0.717) is 28.9 Å². The molecule has 0 amide bonds. The molecule has 4 aromatic rings. The molecule has 204 valence electrons. The molecule has 4 aromatic heterocycles. The van der Waals surface area contributed by atoms with Crippen molar-refractivity contribution < 1.29 is 9.47 Å². The van der Waals surface area contributed by atoms with Crippen molar-refractivity contribution in [2.75, 3.05) is 36.1 Å². The number of nitrogens with one attached hydrogen (secondary N) is 2. The molecule has 39 heavy (non-hydrogen) atoms. The van der Waals surface area contributed by atoms with Crippen LogP contribution in [0.15, 0.2) is 42.9 Å². The molecule has 0 bridgehead atoms. The van der Waals surface area contributed by atoms with E-state index in [2.05, 4.69) is 64.8 Å². The number of nitrogens with two attached hydrogens (primary N) is 1. The first kappa shape index (κ1) is 26.4. The first-order valence-electron chi connectivity index (χ1n) is 13.0. The minimum atomic E-state index is -0.212. The summed E-state index contributed by atoms with van der Waals surface area (Å²) in [6, 6.07) is 7.66. The van der Waals surface area contributed by atoms with Crippen molar-refractivity contribution in [3.63, 3.8) is 0 Å². The van der Waals surface area contributed by atoms with Crippen LogP contribution >= 0.6 is 0 Å². The average molecular weight is 530 g/mol. The van der Waals surface area contributed by atoms with E-state index in [9.17, 15) is 0 Å². The summed E-state index contributed by atoms with van der Waals surface area (Å²) in [4.78, 5) is 28.8. The van der Waals surface area contributed by atoms with Gasteiger partial charge in [0.1, 0.15) is 11.6 Å². The quantitative estimate of drug-likeness (QED) is 0.325. The van der Waals surface area contributed by atoms with E-state index < -0.39 is 0 Å². The van der Waals surface area contributed by atoms with Gasteiger partial charge >= 0.3 is 0 Å². The zero-order valence-corrected chi connectivity index (χ0v) is 23.2. The Morgan fingerprint density at radius 3 is 2.49 bits per heavy atom. The second-order valence-corrected chi connectivity index (χ2v) is 10.8. The predicted octanol–water partition coefficient (Wildman–Crippen LogP) is 4.57. The number of morpholine rings is 1. The molecule has 0 saturated carbocycles. The summed E-state index contributed by atoms with van der Waals surface area (Å²) in [5, 5.41) is 3.27. The monoisotopic (exact) mass is 529 g/mol. The molecule has 1 saturated heterocycles. The number of ether oxygens (including phenoxy) is 2. The fourth-order valence-electron chi connectivity index (χ4n) is 4.57. The number of rotatable bonds is 6. The van der Waals surface area contributed by atoms with Gasteiger partial charge in [0.25, 0.3) is 0 Å². The fourth-order valence-corrected chi connectivity index (χ4v) is 4.57. The first-order chi connectivity index (χ1) is 18.6. The summed E-state index contributed by atoms with van der Waals surface area (Å²) in [6.45, 7) is 12.1. The molecule has 0 radical (unpaired) electrons. The third kappa shape index (κ3) is 5.78. The number of anilines is 4. The van der Waals surface area contributed by atoms with E-state index in [4.69, 9.17) is 25.2 Å². The van der Waals surface area contributed by atoms with Gasteiger partial charge in [0.2, 0.25) is 5.95 Å². The van der Waals surface area contributed by atoms with Crippen LogP contribution in [0.2, 0.25) is 0 Å². The van der Waals surface area contributed by atoms with Gasteiger partial charge in [0.05, 0.1) is 48.3 Å². The number of nitrogen functional groups attached to an aromatic ring is 1. The summed E-state index contributed by atoms with van der Waals surface area (Å²) < 4.78 is 11.2. The van der Waals surface area contributed by atoms with Crippen LogP contribution in [0.5, 0.6) is 5.75 Å². The lowest BCUT2D eigenvalue weighted by molar-refractivity contribution is -0.00545. The topological polar surface area (TPSA) is 140 Å². The molecular weight excluding hydrogens is 494 g/mol. The van der Waals surface area contributed by atoms with Crippen molar-refractivity contribution in [2.45, 2.75) is 52.2 Å². The van der Waals surface area contributed by atoms with Crippen molar-refractivity contribution in [2.24, 2.45) is 0 Å². The maximum atomic E-state index is 5.95. The maximum Gasteiger partial charge on any atom is 0.227 e. The van der Waals surface area contributed by atoms with Crippen LogP contribution in [-0.4, -0.2) is 62.3 Å². The van der Waals surface area contributed by atoms with Crippen LogP contribution in [0.3, 0.4) is 0 Å². The van der Waals surface area contributed by atoms with Gasteiger partial charge in [-0.05, 0) is 38.1 Å². The third-order valence-electron chi connectivity index (χ3n) is 6.45. The van der Waals surface area contributed by atoms with E-state index in [1.54, 1.807) is 25.7 Å². The molecular formula is C28H35N9O2. The van der Waals surface area contributed by atoms with Crippen molar-refractivity contribution in [3.8, 4) is 28.4 Å². The lowest BCUT2D eigenvalue weighted by atomic mass is 9.96. The summed E-state index contributed by atoms with van der Waals surface area (Å²) in [5.74, 6) is 2.99. The molecule has 0 aromatic carbocycles. The van der Waals surface area contributed by atoms with Crippen molar-refractivity contribution in [1.29, 1.82) is 0 Å². The van der Waals surface area contributed by atoms with Gasteiger partial charge in [0.15, 0.2) is 11.6 Å². The summed E-state index contributed by atoms with van der Waals surface area (Å²) in [6.07, 6.45) is 5.53. The first-order valence-corrected chi connectivity index (χ1v) is 13.0. The zero-order chi connectivity index (χ0) is 27.7. The second kappa shape index (κ2) is 10.5. The molecule has 5 rings (SSSR count). The van der Waals surface area contributed by atoms with Gasteiger partial charge in [0, 0.05) is 36.5 Å². The van der Waals surface area contributed by atoms with Gasteiger partial charge < -0.3 is 30.4 Å². The molecule has 0 aliphatic carbocycles. The molecule has 1 aliphatic heterocycles. The number of hydrogen-bond acceptors (Lipinski definition) is 10. The highest BCUT2D eigenvalue weighted by atomic mass is 16.5. The van der Waals surface area contributed by atoms with Crippen LogP contribution in [0.4, 0.5) is 23.3 Å². The fraction of sp³-hybridized carbons (Fsp3) is 0.393. The number of imidazole rings is 1. The Labute approximate surface area is 228 Å². The largest absolute Gasteiger partial charge is 0.493 e. The molecule has 4 N–H and O–H groups in total. The highest BCUT2D eigenvalue weighted by Gasteiger charge is 2.25. The standard InChI is InChI=1S/C28H35N9O2/c1-16-14-37(15-17(2)39-16)22-8-7-19(13-31-22)33-27-30-10-9-20(34-27)24-23(35-26(36-24)28(3,4)5)18-11-21(38-6)25(29)32-12-18/h7-13,16-17H,14-15H2,1-6H3,(H2,29,32)(H,35,36)(H,30,33,34). The molecule has 1 aliphatic rings. The number of pyridine rings is 2. The smallest absolute Gasteiger partial charge is 0.227 e. The Morgan fingerprint density at radius 2 is 1.82 bits per heavy atom.